The van der Waals surface area contributed by atoms with Crippen LogP contribution in [0.3, 0.4) is 0 Å². The molecule has 83 valence electrons. The SMILES string of the molecule is CCCCC(=O)[CH]CCCS(=O)(=O)O. The van der Waals surface area contributed by atoms with Gasteiger partial charge in [-0.2, -0.15) is 8.42 Å². The predicted octanol–water partition coefficient (Wildman–Crippen LogP) is 1.62. The second-order valence-electron chi connectivity index (χ2n) is 3.20. The van der Waals surface area contributed by atoms with E-state index in [4.69, 9.17) is 4.55 Å². The number of Topliss-reactive ketones (excluding diaryl/α,β-unsaturated/α-hetero) is 1. The van der Waals surface area contributed by atoms with Gasteiger partial charge in [0.15, 0.2) is 0 Å². The van der Waals surface area contributed by atoms with Gasteiger partial charge in [-0.1, -0.05) is 13.3 Å². The molecule has 4 nitrogen and oxygen atoms in total. The van der Waals surface area contributed by atoms with E-state index in [1.165, 1.54) is 6.42 Å². The average Bonchev–Trinajstić information content (AvgIpc) is 2.07. The van der Waals surface area contributed by atoms with Gasteiger partial charge < -0.3 is 0 Å². The Hall–Kier alpha value is -0.420. The van der Waals surface area contributed by atoms with Crippen molar-refractivity contribution in [3.05, 3.63) is 6.42 Å². The quantitative estimate of drug-likeness (QED) is 0.499. The molecule has 0 spiro atoms. The van der Waals surface area contributed by atoms with Gasteiger partial charge in [0.25, 0.3) is 10.1 Å². The molecule has 1 N–H and O–H groups in total. The topological polar surface area (TPSA) is 71.4 Å². The van der Waals surface area contributed by atoms with Crippen LogP contribution in [0.2, 0.25) is 0 Å². The van der Waals surface area contributed by atoms with Gasteiger partial charge in [-0.05, 0) is 19.3 Å². The van der Waals surface area contributed by atoms with Crippen molar-refractivity contribution in [1.29, 1.82) is 0 Å². The second kappa shape index (κ2) is 6.95. The fourth-order valence-corrected chi connectivity index (χ4v) is 1.51. The maximum atomic E-state index is 11.1. The van der Waals surface area contributed by atoms with Crippen molar-refractivity contribution >= 4 is 15.9 Å². The number of carbonyl (C=O) groups excluding carboxylic acids is 1. The molecular weight excluding hydrogens is 204 g/mol. The fraction of sp³-hybridized carbons (Fsp3) is 0.778. The zero-order valence-corrected chi connectivity index (χ0v) is 9.22. The third-order valence-electron chi connectivity index (χ3n) is 1.76. The standard InChI is InChI=1S/C9H17O4S/c1-2-3-6-9(10)7-4-5-8-14(11,12)13/h7H,2-6,8H2,1H3,(H,11,12,13). The lowest BCUT2D eigenvalue weighted by atomic mass is 10.1. The van der Waals surface area contributed by atoms with Gasteiger partial charge in [0, 0.05) is 12.8 Å². The summed E-state index contributed by atoms with van der Waals surface area (Å²) < 4.78 is 29.0. The maximum Gasteiger partial charge on any atom is 0.264 e. The molecule has 0 aliphatic rings. The van der Waals surface area contributed by atoms with Crippen molar-refractivity contribution in [1.82, 2.24) is 0 Å². The van der Waals surface area contributed by atoms with E-state index in [-0.39, 0.29) is 11.5 Å². The highest BCUT2D eigenvalue weighted by Crippen LogP contribution is 2.03. The Morgan fingerprint density at radius 3 is 2.50 bits per heavy atom. The van der Waals surface area contributed by atoms with Crippen molar-refractivity contribution in [2.24, 2.45) is 0 Å². The molecule has 0 bridgehead atoms. The molecule has 14 heavy (non-hydrogen) atoms. The summed E-state index contributed by atoms with van der Waals surface area (Å²) in [5.41, 5.74) is 0. The average molecular weight is 221 g/mol. The van der Waals surface area contributed by atoms with E-state index in [1.54, 1.807) is 0 Å². The first kappa shape index (κ1) is 13.6. The van der Waals surface area contributed by atoms with Crippen LogP contribution in [0, 0.1) is 6.42 Å². The van der Waals surface area contributed by atoms with Crippen molar-refractivity contribution in [2.75, 3.05) is 5.75 Å². The van der Waals surface area contributed by atoms with E-state index in [0.717, 1.165) is 12.8 Å². The van der Waals surface area contributed by atoms with Crippen LogP contribution in [0.1, 0.15) is 39.0 Å². The summed E-state index contributed by atoms with van der Waals surface area (Å²) >= 11 is 0. The van der Waals surface area contributed by atoms with Crippen LogP contribution >= 0.6 is 0 Å². The largest absolute Gasteiger partial charge is 0.299 e. The Labute approximate surface area is 85.4 Å². The molecule has 0 aliphatic heterocycles. The van der Waals surface area contributed by atoms with Crippen LogP contribution in [-0.4, -0.2) is 24.5 Å². The predicted molar refractivity (Wildman–Crippen MR) is 54.5 cm³/mol. The summed E-state index contributed by atoms with van der Waals surface area (Å²) in [6, 6.07) is 0. The Balaban J connectivity index is 3.41. The van der Waals surface area contributed by atoms with Crippen LogP contribution in [0.5, 0.6) is 0 Å². The van der Waals surface area contributed by atoms with Crippen LogP contribution in [0.4, 0.5) is 0 Å². The number of hydrogen-bond acceptors (Lipinski definition) is 3. The van der Waals surface area contributed by atoms with Gasteiger partial charge in [0.1, 0.15) is 5.78 Å². The molecule has 0 fully saturated rings. The highest BCUT2D eigenvalue weighted by atomic mass is 32.2. The number of rotatable bonds is 8. The fourth-order valence-electron chi connectivity index (χ4n) is 0.982. The van der Waals surface area contributed by atoms with Gasteiger partial charge >= 0.3 is 0 Å². The summed E-state index contributed by atoms with van der Waals surface area (Å²) in [5, 5.41) is 0. The highest BCUT2D eigenvalue weighted by molar-refractivity contribution is 7.85. The molecule has 0 heterocycles. The monoisotopic (exact) mass is 221 g/mol. The molecule has 0 amide bonds. The van der Waals surface area contributed by atoms with Crippen molar-refractivity contribution in [3.8, 4) is 0 Å². The minimum absolute atomic E-state index is 0.0576. The van der Waals surface area contributed by atoms with Gasteiger partial charge in [0.2, 0.25) is 0 Å². The first-order chi connectivity index (χ1) is 6.45. The van der Waals surface area contributed by atoms with Gasteiger partial charge in [-0.25, -0.2) is 0 Å². The van der Waals surface area contributed by atoms with Crippen molar-refractivity contribution < 1.29 is 17.8 Å². The lowest BCUT2D eigenvalue weighted by molar-refractivity contribution is -0.116. The molecular formula is C9H17O4S. The Bertz CT molecular complexity index is 256. The maximum absolute atomic E-state index is 11.1. The molecule has 5 heteroatoms. The van der Waals surface area contributed by atoms with Crippen LogP contribution < -0.4 is 0 Å². The molecule has 0 aromatic rings. The molecule has 0 aromatic heterocycles. The molecule has 0 aromatic carbocycles. The van der Waals surface area contributed by atoms with Gasteiger partial charge in [-0.3, -0.25) is 9.35 Å². The molecule has 0 atom stereocenters. The van der Waals surface area contributed by atoms with Crippen LogP contribution in [0.25, 0.3) is 0 Å². The van der Waals surface area contributed by atoms with Crippen molar-refractivity contribution in [3.63, 3.8) is 0 Å². The molecule has 0 unspecified atom stereocenters. The summed E-state index contributed by atoms with van der Waals surface area (Å²) in [6.45, 7) is 2.01. The normalized spacial score (nSPS) is 11.6. The smallest absolute Gasteiger partial charge is 0.264 e. The molecule has 0 saturated carbocycles. The highest BCUT2D eigenvalue weighted by Gasteiger charge is 2.05. The summed E-state index contributed by atoms with van der Waals surface area (Å²) in [7, 11) is -3.87. The zero-order valence-electron chi connectivity index (χ0n) is 8.40. The van der Waals surface area contributed by atoms with E-state index in [0.29, 0.717) is 19.3 Å². The number of hydrogen-bond donors (Lipinski definition) is 1. The lowest BCUT2D eigenvalue weighted by Gasteiger charge is -1.98. The summed E-state index contributed by atoms with van der Waals surface area (Å²) in [4.78, 5) is 11.1. The summed E-state index contributed by atoms with van der Waals surface area (Å²) in [5.74, 6) is -0.216. The number of carbonyl (C=O) groups is 1. The molecule has 0 rings (SSSR count). The number of ketones is 1. The van der Waals surface area contributed by atoms with Gasteiger partial charge in [0.05, 0.1) is 5.75 Å². The van der Waals surface area contributed by atoms with Gasteiger partial charge in [-0.15, -0.1) is 0 Å². The minimum Gasteiger partial charge on any atom is -0.299 e. The summed E-state index contributed by atoms with van der Waals surface area (Å²) in [6.07, 6.45) is 4.60. The minimum atomic E-state index is -3.87. The van der Waals surface area contributed by atoms with E-state index in [9.17, 15) is 13.2 Å². The Morgan fingerprint density at radius 2 is 2.00 bits per heavy atom. The lowest BCUT2D eigenvalue weighted by Crippen LogP contribution is -2.05. The van der Waals surface area contributed by atoms with E-state index in [2.05, 4.69) is 0 Å². The zero-order chi connectivity index (χ0) is 11.0. The Morgan fingerprint density at radius 1 is 1.36 bits per heavy atom. The molecule has 0 saturated heterocycles. The third-order valence-corrected chi connectivity index (χ3v) is 2.56. The molecule has 1 radical (unpaired) electrons. The molecule has 0 aliphatic carbocycles. The van der Waals surface area contributed by atoms with E-state index >= 15 is 0 Å². The second-order valence-corrected chi connectivity index (χ2v) is 4.77. The van der Waals surface area contributed by atoms with Crippen LogP contribution in [0.15, 0.2) is 0 Å². The van der Waals surface area contributed by atoms with Crippen molar-refractivity contribution in [2.45, 2.75) is 39.0 Å². The first-order valence-corrected chi connectivity index (χ1v) is 6.38. The first-order valence-electron chi connectivity index (χ1n) is 4.77. The van der Waals surface area contributed by atoms with Crippen LogP contribution in [-0.2, 0) is 14.9 Å². The van der Waals surface area contributed by atoms with E-state index < -0.39 is 10.1 Å². The Kier molecular flexibility index (Phi) is 6.74. The third kappa shape index (κ3) is 9.67. The van der Waals surface area contributed by atoms with E-state index in [1.807, 2.05) is 6.92 Å². The number of unbranched alkanes of at least 4 members (excludes halogenated alkanes) is 2.